The first-order valence-corrected chi connectivity index (χ1v) is 6.72. The minimum absolute atomic E-state index is 0.274. The smallest absolute Gasteiger partial charge is 0.338 e. The average molecular weight is 324 g/mol. The van der Waals surface area contributed by atoms with E-state index in [4.69, 9.17) is 4.42 Å². The number of carboxylic acids is 1. The Morgan fingerprint density at radius 2 is 2.16 bits per heavy atom. The highest BCUT2D eigenvalue weighted by molar-refractivity contribution is 9.10. The number of furan rings is 1. The van der Waals surface area contributed by atoms with Crippen LogP contribution in [-0.4, -0.2) is 17.6 Å². The molecule has 1 aromatic carbocycles. The molecule has 0 bridgehead atoms. The molecule has 4 nitrogen and oxygen atoms in total. The van der Waals surface area contributed by atoms with E-state index < -0.39 is 5.97 Å². The summed E-state index contributed by atoms with van der Waals surface area (Å²) in [4.78, 5) is 13.4. The fraction of sp³-hybridized carbons (Fsp3) is 0.214. The lowest BCUT2D eigenvalue weighted by Crippen LogP contribution is -2.24. The Labute approximate surface area is 119 Å². The quantitative estimate of drug-likeness (QED) is 0.910. The molecule has 0 amide bonds. The van der Waals surface area contributed by atoms with E-state index in [0.29, 0.717) is 23.2 Å². The van der Waals surface area contributed by atoms with Crippen molar-refractivity contribution in [3.8, 4) is 0 Å². The molecule has 0 aliphatic rings. The van der Waals surface area contributed by atoms with Crippen LogP contribution >= 0.6 is 15.9 Å². The van der Waals surface area contributed by atoms with Gasteiger partial charge in [0.1, 0.15) is 5.76 Å². The summed E-state index contributed by atoms with van der Waals surface area (Å²) >= 11 is 3.29. The molecule has 1 heterocycles. The zero-order chi connectivity index (χ0) is 13.8. The second-order valence-electron chi connectivity index (χ2n) is 4.03. The molecule has 0 fully saturated rings. The fourth-order valence-electron chi connectivity index (χ4n) is 1.95. The monoisotopic (exact) mass is 323 g/mol. The van der Waals surface area contributed by atoms with Gasteiger partial charge in [-0.15, -0.1) is 0 Å². The number of aromatic carboxylic acids is 1. The van der Waals surface area contributed by atoms with Crippen LogP contribution in [0.25, 0.3) is 0 Å². The van der Waals surface area contributed by atoms with Gasteiger partial charge in [-0.3, -0.25) is 0 Å². The molecule has 100 valence electrons. The Morgan fingerprint density at radius 1 is 1.37 bits per heavy atom. The van der Waals surface area contributed by atoms with Gasteiger partial charge in [-0.25, -0.2) is 4.79 Å². The Hall–Kier alpha value is -1.75. The van der Waals surface area contributed by atoms with Crippen molar-refractivity contribution in [3.63, 3.8) is 0 Å². The first kappa shape index (κ1) is 13.7. The lowest BCUT2D eigenvalue weighted by Gasteiger charge is -2.24. The van der Waals surface area contributed by atoms with Crippen LogP contribution in [0.15, 0.2) is 45.5 Å². The summed E-state index contributed by atoms with van der Waals surface area (Å²) in [6.07, 6.45) is 1.61. The van der Waals surface area contributed by atoms with Crippen molar-refractivity contribution in [1.82, 2.24) is 0 Å². The van der Waals surface area contributed by atoms with Gasteiger partial charge in [0.2, 0.25) is 0 Å². The zero-order valence-corrected chi connectivity index (χ0v) is 12.1. The van der Waals surface area contributed by atoms with E-state index in [-0.39, 0.29) is 5.56 Å². The predicted octanol–water partition coefficient (Wildman–Crippen LogP) is 3.77. The highest BCUT2D eigenvalue weighted by Crippen LogP contribution is 2.29. The summed E-state index contributed by atoms with van der Waals surface area (Å²) in [5.41, 5.74) is 0.955. The van der Waals surface area contributed by atoms with E-state index in [1.54, 1.807) is 18.4 Å². The lowest BCUT2D eigenvalue weighted by atomic mass is 10.1. The van der Waals surface area contributed by atoms with Gasteiger partial charge in [0.15, 0.2) is 0 Å². The number of hydrogen-bond acceptors (Lipinski definition) is 3. The summed E-state index contributed by atoms with van der Waals surface area (Å²) in [5, 5.41) is 9.34. The van der Waals surface area contributed by atoms with E-state index in [1.807, 2.05) is 30.0 Å². The molecule has 0 saturated heterocycles. The molecular weight excluding hydrogens is 310 g/mol. The maximum atomic E-state index is 11.4. The Balaban J connectivity index is 2.38. The number of halogens is 1. The first-order valence-electron chi connectivity index (χ1n) is 5.92. The van der Waals surface area contributed by atoms with Crippen molar-refractivity contribution in [2.45, 2.75) is 13.5 Å². The van der Waals surface area contributed by atoms with E-state index in [2.05, 4.69) is 15.9 Å². The zero-order valence-electron chi connectivity index (χ0n) is 10.5. The summed E-state index contributed by atoms with van der Waals surface area (Å²) in [5.74, 6) is -0.140. The van der Waals surface area contributed by atoms with Gasteiger partial charge in [0, 0.05) is 11.0 Å². The SMILES string of the molecule is CCN(Cc1ccco1)c1cccc(Br)c1C(=O)O. The molecule has 0 spiro atoms. The summed E-state index contributed by atoms with van der Waals surface area (Å²) in [6, 6.07) is 9.06. The van der Waals surface area contributed by atoms with Crippen LogP contribution in [0.1, 0.15) is 23.0 Å². The molecule has 2 rings (SSSR count). The normalized spacial score (nSPS) is 10.4. The minimum atomic E-state index is -0.944. The second-order valence-corrected chi connectivity index (χ2v) is 4.89. The minimum Gasteiger partial charge on any atom is -0.478 e. The topological polar surface area (TPSA) is 53.7 Å². The van der Waals surface area contributed by atoms with Crippen molar-refractivity contribution in [2.75, 3.05) is 11.4 Å². The largest absolute Gasteiger partial charge is 0.478 e. The van der Waals surface area contributed by atoms with Crippen molar-refractivity contribution >= 4 is 27.6 Å². The van der Waals surface area contributed by atoms with Crippen LogP contribution in [0.4, 0.5) is 5.69 Å². The van der Waals surface area contributed by atoms with E-state index in [1.165, 1.54) is 0 Å². The number of hydrogen-bond donors (Lipinski definition) is 1. The van der Waals surface area contributed by atoms with Crippen LogP contribution in [-0.2, 0) is 6.54 Å². The summed E-state index contributed by atoms with van der Waals surface area (Å²) in [6.45, 7) is 3.22. The highest BCUT2D eigenvalue weighted by atomic mass is 79.9. The van der Waals surface area contributed by atoms with Crippen LogP contribution in [0, 0.1) is 0 Å². The molecule has 19 heavy (non-hydrogen) atoms. The molecule has 0 unspecified atom stereocenters. The standard InChI is InChI=1S/C14H14BrNO3/c1-2-16(9-10-5-4-8-19-10)12-7-3-6-11(15)13(12)14(17)18/h3-8H,2,9H2,1H3,(H,17,18). The van der Waals surface area contributed by atoms with Gasteiger partial charge in [-0.1, -0.05) is 6.07 Å². The predicted molar refractivity (Wildman–Crippen MR) is 76.5 cm³/mol. The molecule has 0 atom stereocenters. The highest BCUT2D eigenvalue weighted by Gasteiger charge is 2.18. The van der Waals surface area contributed by atoms with Gasteiger partial charge in [-0.2, -0.15) is 0 Å². The van der Waals surface area contributed by atoms with Gasteiger partial charge >= 0.3 is 5.97 Å². The van der Waals surface area contributed by atoms with Crippen molar-refractivity contribution < 1.29 is 14.3 Å². The van der Waals surface area contributed by atoms with Gasteiger partial charge in [-0.05, 0) is 47.1 Å². The molecular formula is C14H14BrNO3. The Bertz CT molecular complexity index is 566. The molecule has 1 aromatic heterocycles. The number of anilines is 1. The van der Waals surface area contributed by atoms with Crippen molar-refractivity contribution in [2.24, 2.45) is 0 Å². The third-order valence-corrected chi connectivity index (χ3v) is 3.52. The van der Waals surface area contributed by atoms with Gasteiger partial charge in [0.05, 0.1) is 24.1 Å². The third-order valence-electron chi connectivity index (χ3n) is 2.85. The molecule has 1 N–H and O–H groups in total. The number of benzene rings is 1. The molecule has 2 aromatic rings. The van der Waals surface area contributed by atoms with E-state index in [0.717, 1.165) is 5.76 Å². The number of carbonyl (C=O) groups is 1. The number of rotatable bonds is 5. The first-order chi connectivity index (χ1) is 9.13. The average Bonchev–Trinajstić information content (AvgIpc) is 2.88. The molecule has 0 radical (unpaired) electrons. The second kappa shape index (κ2) is 5.93. The van der Waals surface area contributed by atoms with Crippen LogP contribution in [0.2, 0.25) is 0 Å². The van der Waals surface area contributed by atoms with E-state index in [9.17, 15) is 9.90 Å². The van der Waals surface area contributed by atoms with Gasteiger partial charge < -0.3 is 14.4 Å². The van der Waals surface area contributed by atoms with Crippen molar-refractivity contribution in [1.29, 1.82) is 0 Å². The Morgan fingerprint density at radius 3 is 2.74 bits per heavy atom. The summed E-state index contributed by atoms with van der Waals surface area (Å²) < 4.78 is 5.90. The van der Waals surface area contributed by atoms with E-state index >= 15 is 0 Å². The molecule has 5 heteroatoms. The van der Waals surface area contributed by atoms with Crippen LogP contribution < -0.4 is 4.90 Å². The molecule has 0 aliphatic carbocycles. The maximum Gasteiger partial charge on any atom is 0.338 e. The lowest BCUT2D eigenvalue weighted by molar-refractivity contribution is 0.0696. The number of nitrogens with zero attached hydrogens (tertiary/aromatic N) is 1. The van der Waals surface area contributed by atoms with Crippen molar-refractivity contribution in [3.05, 3.63) is 52.4 Å². The Kier molecular flexibility index (Phi) is 4.27. The maximum absolute atomic E-state index is 11.4. The fourth-order valence-corrected chi connectivity index (χ4v) is 2.47. The van der Waals surface area contributed by atoms with Crippen LogP contribution in [0.5, 0.6) is 0 Å². The third kappa shape index (κ3) is 2.98. The van der Waals surface area contributed by atoms with Crippen LogP contribution in [0.3, 0.4) is 0 Å². The molecule has 0 aliphatic heterocycles. The number of carboxylic acid groups (broad SMARTS) is 1. The van der Waals surface area contributed by atoms with Gasteiger partial charge in [0.25, 0.3) is 0 Å². The molecule has 0 saturated carbocycles. The summed E-state index contributed by atoms with van der Waals surface area (Å²) in [7, 11) is 0.